The summed E-state index contributed by atoms with van der Waals surface area (Å²) in [5.41, 5.74) is -2.66. The lowest BCUT2D eigenvalue weighted by Crippen LogP contribution is -2.63. The van der Waals surface area contributed by atoms with Crippen LogP contribution >= 0.6 is 0 Å². The zero-order valence-electron chi connectivity index (χ0n) is 21.5. The Morgan fingerprint density at radius 2 is 1.82 bits per heavy atom. The molecule has 0 amide bonds. The van der Waals surface area contributed by atoms with E-state index in [1.165, 1.54) is 0 Å². The molecule has 1 aliphatic heterocycles. The number of carbonyl (C=O) groups excluding carboxylic acids is 1. The second-order valence-corrected chi connectivity index (χ2v) is 13.3. The fourth-order valence-corrected chi connectivity index (χ4v) is 9.06. The Bertz CT molecular complexity index is 882. The number of ether oxygens (including phenoxy) is 1. The van der Waals surface area contributed by atoms with Crippen molar-refractivity contribution in [3.05, 3.63) is 11.6 Å². The molecule has 192 valence electrons. The third-order valence-electron chi connectivity index (χ3n) is 11.7. The summed E-state index contributed by atoms with van der Waals surface area (Å²) in [6.07, 6.45) is 4.43. The van der Waals surface area contributed by atoms with Crippen molar-refractivity contribution in [3.8, 4) is 0 Å². The van der Waals surface area contributed by atoms with E-state index in [4.69, 9.17) is 4.74 Å². The zero-order chi connectivity index (χ0) is 24.8. The molecule has 5 rings (SSSR count). The Morgan fingerprint density at radius 3 is 2.47 bits per heavy atom. The van der Waals surface area contributed by atoms with Crippen LogP contribution in [0.25, 0.3) is 0 Å². The van der Waals surface area contributed by atoms with Gasteiger partial charge in [0.25, 0.3) is 0 Å². The van der Waals surface area contributed by atoms with Crippen LogP contribution in [-0.4, -0.2) is 62.3 Å². The van der Waals surface area contributed by atoms with Crippen LogP contribution in [0.4, 0.5) is 0 Å². The summed E-state index contributed by atoms with van der Waals surface area (Å²) >= 11 is 0. The lowest BCUT2D eigenvalue weighted by Gasteiger charge is -2.60. The molecule has 4 fully saturated rings. The largest absolute Gasteiger partial charge is 0.393 e. The lowest BCUT2D eigenvalue weighted by atomic mass is 9.46. The van der Waals surface area contributed by atoms with E-state index in [1.807, 2.05) is 6.92 Å². The Balaban J connectivity index is 1.48. The second-order valence-electron chi connectivity index (χ2n) is 13.3. The average Bonchev–Trinajstić information content (AvgIpc) is 3.25. The van der Waals surface area contributed by atoms with Gasteiger partial charge in [-0.1, -0.05) is 27.7 Å². The Hall–Kier alpha value is -0.790. The van der Waals surface area contributed by atoms with Crippen molar-refractivity contribution in [2.45, 2.75) is 109 Å². The van der Waals surface area contributed by atoms with E-state index in [0.29, 0.717) is 38.2 Å². The second kappa shape index (κ2) is 7.85. The van der Waals surface area contributed by atoms with Crippen molar-refractivity contribution in [3.63, 3.8) is 0 Å². The number of aliphatic hydroxyl groups excluding tert-OH is 2. The summed E-state index contributed by atoms with van der Waals surface area (Å²) in [4.78, 5) is 13.3. The summed E-state index contributed by atoms with van der Waals surface area (Å²) in [5.74, 6) is 0.0899. The molecule has 4 N–H and O–H groups in total. The van der Waals surface area contributed by atoms with Crippen molar-refractivity contribution < 1.29 is 30.0 Å². The number of rotatable bonds is 3. The summed E-state index contributed by atoms with van der Waals surface area (Å²) in [6.45, 7) is 10.7. The van der Waals surface area contributed by atoms with Gasteiger partial charge in [0.15, 0.2) is 5.78 Å². The molecule has 0 radical (unpaired) electrons. The molecular formula is C28H44O6. The highest BCUT2D eigenvalue weighted by molar-refractivity contribution is 5.95. The van der Waals surface area contributed by atoms with Crippen LogP contribution in [0, 0.1) is 40.4 Å². The lowest BCUT2D eigenvalue weighted by molar-refractivity contribution is -0.193. The van der Waals surface area contributed by atoms with Crippen LogP contribution in [0.5, 0.6) is 0 Å². The van der Waals surface area contributed by atoms with Crippen LogP contribution in [0.1, 0.15) is 79.6 Å². The number of aliphatic hydroxyl groups is 4. The maximum absolute atomic E-state index is 13.3. The normalized spacial score (nSPS) is 53.4. The fourth-order valence-electron chi connectivity index (χ4n) is 9.06. The Labute approximate surface area is 203 Å². The molecule has 6 nitrogen and oxygen atoms in total. The van der Waals surface area contributed by atoms with E-state index >= 15 is 0 Å². The van der Waals surface area contributed by atoms with Crippen molar-refractivity contribution >= 4 is 5.78 Å². The molecule has 0 aromatic carbocycles. The van der Waals surface area contributed by atoms with Crippen LogP contribution in [0.15, 0.2) is 11.6 Å². The third kappa shape index (κ3) is 3.14. The molecule has 1 heterocycles. The number of hydrogen-bond donors (Lipinski definition) is 4. The molecule has 34 heavy (non-hydrogen) atoms. The van der Waals surface area contributed by atoms with Gasteiger partial charge in [0.05, 0.1) is 23.4 Å². The molecule has 0 spiro atoms. The van der Waals surface area contributed by atoms with Gasteiger partial charge in [-0.25, -0.2) is 0 Å². The van der Waals surface area contributed by atoms with E-state index in [0.717, 1.165) is 24.8 Å². The molecule has 12 atom stereocenters. The highest BCUT2D eigenvalue weighted by atomic mass is 16.5. The first-order valence-electron chi connectivity index (χ1n) is 13.5. The quantitative estimate of drug-likeness (QED) is 0.499. The smallest absolute Gasteiger partial charge is 0.159 e. The number of ketones is 1. The monoisotopic (exact) mass is 476 g/mol. The first kappa shape index (κ1) is 24.9. The van der Waals surface area contributed by atoms with E-state index in [-0.39, 0.29) is 34.9 Å². The number of fused-ring (bicyclic) bond motifs is 5. The average molecular weight is 477 g/mol. The van der Waals surface area contributed by atoms with Crippen LogP contribution < -0.4 is 0 Å². The molecule has 0 bridgehead atoms. The molecule has 0 aromatic heterocycles. The van der Waals surface area contributed by atoms with Crippen molar-refractivity contribution in [2.24, 2.45) is 40.4 Å². The molecule has 3 saturated carbocycles. The number of carbonyl (C=O) groups is 1. The summed E-state index contributed by atoms with van der Waals surface area (Å²) in [6, 6.07) is 0. The minimum absolute atomic E-state index is 0.0302. The first-order valence-corrected chi connectivity index (χ1v) is 13.5. The van der Waals surface area contributed by atoms with Crippen molar-refractivity contribution in [1.29, 1.82) is 0 Å². The Morgan fingerprint density at radius 1 is 1.12 bits per heavy atom. The van der Waals surface area contributed by atoms with Gasteiger partial charge in [-0.05, 0) is 92.6 Å². The van der Waals surface area contributed by atoms with Crippen molar-refractivity contribution in [2.75, 3.05) is 6.61 Å². The first-order chi connectivity index (χ1) is 15.8. The molecular weight excluding hydrogens is 432 g/mol. The van der Waals surface area contributed by atoms with Gasteiger partial charge < -0.3 is 25.2 Å². The van der Waals surface area contributed by atoms with E-state index < -0.39 is 34.9 Å². The third-order valence-corrected chi connectivity index (χ3v) is 11.7. The van der Waals surface area contributed by atoms with E-state index in [2.05, 4.69) is 20.8 Å². The molecule has 6 heteroatoms. The van der Waals surface area contributed by atoms with Crippen molar-refractivity contribution in [1.82, 2.24) is 0 Å². The minimum atomic E-state index is -1.42. The maximum atomic E-state index is 13.3. The minimum Gasteiger partial charge on any atom is -0.393 e. The van der Waals surface area contributed by atoms with E-state index in [1.54, 1.807) is 13.0 Å². The fraction of sp³-hybridized carbons (Fsp3) is 0.893. The highest BCUT2D eigenvalue weighted by Gasteiger charge is 2.69. The summed E-state index contributed by atoms with van der Waals surface area (Å²) < 4.78 is 5.91. The van der Waals surface area contributed by atoms with Crippen LogP contribution in [-0.2, 0) is 9.53 Å². The predicted octanol–water partition coefficient (Wildman–Crippen LogP) is 3.00. The highest BCUT2D eigenvalue weighted by Crippen LogP contribution is 2.68. The number of allylic oxidation sites excluding steroid dienone is 1. The van der Waals surface area contributed by atoms with Crippen LogP contribution in [0.2, 0.25) is 0 Å². The van der Waals surface area contributed by atoms with Gasteiger partial charge in [-0.3, -0.25) is 4.79 Å². The molecule has 0 aromatic rings. The molecule has 5 aliphatic rings. The van der Waals surface area contributed by atoms with Gasteiger partial charge >= 0.3 is 0 Å². The van der Waals surface area contributed by atoms with Gasteiger partial charge in [0.1, 0.15) is 6.10 Å². The standard InChI is InChI=1S/C28H44O6/c1-15-14-34-23(16(15)2)24(31)27(5,32)22-8-11-28(33)19-13-21(30)20-12-17(29)6-9-25(20,3)18(19)7-10-26(22,28)4/h13,15-18,20,22-24,29,31-33H,6-12,14H2,1-5H3. The van der Waals surface area contributed by atoms with Gasteiger partial charge in [0.2, 0.25) is 0 Å². The van der Waals surface area contributed by atoms with E-state index in [9.17, 15) is 25.2 Å². The number of hydrogen-bond acceptors (Lipinski definition) is 6. The summed E-state index contributed by atoms with van der Waals surface area (Å²) in [7, 11) is 0. The van der Waals surface area contributed by atoms with Crippen LogP contribution in [0.3, 0.4) is 0 Å². The molecule has 1 saturated heterocycles. The van der Waals surface area contributed by atoms with Gasteiger partial charge in [0, 0.05) is 17.9 Å². The van der Waals surface area contributed by atoms with Gasteiger partial charge in [-0.2, -0.15) is 0 Å². The topological polar surface area (TPSA) is 107 Å². The predicted molar refractivity (Wildman–Crippen MR) is 128 cm³/mol. The molecule has 4 aliphatic carbocycles. The summed E-state index contributed by atoms with van der Waals surface area (Å²) in [5, 5.41) is 45.7. The SMILES string of the molecule is CC1COC(C(O)C(C)(O)C2CCC3(O)C4=CC(=O)C5CC(O)CCC5(C)C4CCC23C)C1C. The Kier molecular flexibility index (Phi) is 5.75. The molecule has 12 unspecified atom stereocenters. The van der Waals surface area contributed by atoms with Gasteiger partial charge in [-0.15, -0.1) is 0 Å². The maximum Gasteiger partial charge on any atom is 0.159 e. The zero-order valence-corrected chi connectivity index (χ0v) is 21.5.